The molecular weight excluding hydrogens is 422 g/mol. The third-order valence-corrected chi connectivity index (χ3v) is 5.82. The summed E-state index contributed by atoms with van der Waals surface area (Å²) in [5.41, 5.74) is 1.83. The van der Waals surface area contributed by atoms with Crippen molar-refractivity contribution in [3.05, 3.63) is 53.6 Å². The molecule has 7 heteroatoms. The summed E-state index contributed by atoms with van der Waals surface area (Å²) >= 11 is 0. The van der Waals surface area contributed by atoms with Gasteiger partial charge < -0.3 is 23.8 Å². The van der Waals surface area contributed by atoms with Crippen LogP contribution in [0.2, 0.25) is 0 Å². The standard InChI is InChI=1S/C26H33NO6/c1-30-23-14-20(15-24(16-23)31-2)17-27(18-26(29)32-3)25(28)12-11-19-7-6-10-22(13-19)33-21-8-4-5-9-21/h6-7,10,13-16,21H,4-5,8-9,11-12,17-18H2,1-3H3. The van der Waals surface area contributed by atoms with Crippen molar-refractivity contribution >= 4 is 11.9 Å². The zero-order valence-electron chi connectivity index (χ0n) is 19.7. The van der Waals surface area contributed by atoms with E-state index in [1.807, 2.05) is 36.4 Å². The van der Waals surface area contributed by atoms with Crippen LogP contribution in [0.15, 0.2) is 42.5 Å². The summed E-state index contributed by atoms with van der Waals surface area (Å²) in [6.45, 7) is 0.117. The lowest BCUT2D eigenvalue weighted by molar-refractivity contribution is -0.147. The van der Waals surface area contributed by atoms with E-state index in [2.05, 4.69) is 0 Å². The molecular formula is C26H33NO6. The number of hydrogen-bond donors (Lipinski definition) is 0. The van der Waals surface area contributed by atoms with E-state index in [9.17, 15) is 9.59 Å². The van der Waals surface area contributed by atoms with Crippen LogP contribution in [0.4, 0.5) is 0 Å². The second kappa shape index (κ2) is 12.1. The fraction of sp³-hybridized carbons (Fsp3) is 0.462. The smallest absolute Gasteiger partial charge is 0.325 e. The summed E-state index contributed by atoms with van der Waals surface area (Å²) < 4.78 is 21.5. The number of nitrogens with zero attached hydrogens (tertiary/aromatic N) is 1. The van der Waals surface area contributed by atoms with E-state index in [1.54, 1.807) is 20.3 Å². The van der Waals surface area contributed by atoms with Crippen LogP contribution in [0.3, 0.4) is 0 Å². The van der Waals surface area contributed by atoms with Crippen molar-refractivity contribution in [1.29, 1.82) is 0 Å². The first-order valence-electron chi connectivity index (χ1n) is 11.3. The summed E-state index contributed by atoms with van der Waals surface area (Å²) in [4.78, 5) is 26.5. The van der Waals surface area contributed by atoms with Gasteiger partial charge in [-0.1, -0.05) is 12.1 Å². The quantitative estimate of drug-likeness (QED) is 0.474. The van der Waals surface area contributed by atoms with Crippen LogP contribution in [0.25, 0.3) is 0 Å². The van der Waals surface area contributed by atoms with Gasteiger partial charge in [0, 0.05) is 19.0 Å². The Hall–Kier alpha value is -3.22. The number of benzene rings is 2. The third-order valence-electron chi connectivity index (χ3n) is 5.82. The Labute approximate surface area is 195 Å². The molecule has 2 aromatic rings. The first-order valence-corrected chi connectivity index (χ1v) is 11.3. The Morgan fingerprint density at radius 1 is 0.909 bits per heavy atom. The molecule has 1 aliphatic rings. The average molecular weight is 456 g/mol. The Kier molecular flexibility index (Phi) is 8.98. The number of rotatable bonds is 11. The van der Waals surface area contributed by atoms with Gasteiger partial charge in [-0.05, 0) is 67.5 Å². The van der Waals surface area contributed by atoms with Gasteiger partial charge >= 0.3 is 5.97 Å². The maximum atomic E-state index is 13.1. The summed E-state index contributed by atoms with van der Waals surface area (Å²) in [5.74, 6) is 1.49. The lowest BCUT2D eigenvalue weighted by atomic mass is 10.1. The molecule has 0 spiro atoms. The van der Waals surface area contributed by atoms with Crippen LogP contribution >= 0.6 is 0 Å². The molecule has 1 amide bonds. The summed E-state index contributed by atoms with van der Waals surface area (Å²) in [7, 11) is 4.45. The first-order chi connectivity index (χ1) is 16.0. The van der Waals surface area contributed by atoms with E-state index < -0.39 is 5.97 Å². The largest absolute Gasteiger partial charge is 0.497 e. The molecule has 3 rings (SSSR count). The van der Waals surface area contributed by atoms with Gasteiger partial charge in [-0.25, -0.2) is 0 Å². The van der Waals surface area contributed by atoms with Crippen molar-refractivity contribution in [3.8, 4) is 17.2 Å². The molecule has 0 bridgehead atoms. The van der Waals surface area contributed by atoms with Crippen molar-refractivity contribution in [2.45, 2.75) is 51.2 Å². The molecule has 1 fully saturated rings. The SMILES string of the molecule is COC(=O)CN(Cc1cc(OC)cc(OC)c1)C(=O)CCc1cccc(OC2CCCC2)c1. The first kappa shape index (κ1) is 24.4. The topological polar surface area (TPSA) is 74.3 Å². The Morgan fingerprint density at radius 3 is 2.21 bits per heavy atom. The molecule has 0 radical (unpaired) electrons. The maximum absolute atomic E-state index is 13.1. The fourth-order valence-electron chi connectivity index (χ4n) is 4.01. The molecule has 0 unspecified atom stereocenters. The van der Waals surface area contributed by atoms with E-state index in [-0.39, 0.29) is 31.5 Å². The molecule has 7 nitrogen and oxygen atoms in total. The van der Waals surface area contributed by atoms with Gasteiger partial charge in [0.1, 0.15) is 23.8 Å². The molecule has 33 heavy (non-hydrogen) atoms. The Morgan fingerprint density at radius 2 is 1.58 bits per heavy atom. The number of methoxy groups -OCH3 is 3. The Balaban J connectivity index is 1.66. The van der Waals surface area contributed by atoms with Crippen LogP contribution in [0.5, 0.6) is 17.2 Å². The normalized spacial score (nSPS) is 13.4. The second-order valence-corrected chi connectivity index (χ2v) is 8.22. The van der Waals surface area contributed by atoms with E-state index >= 15 is 0 Å². The molecule has 0 aromatic heterocycles. The summed E-state index contributed by atoms with van der Waals surface area (Å²) in [5, 5.41) is 0. The van der Waals surface area contributed by atoms with Gasteiger partial charge in [-0.15, -0.1) is 0 Å². The molecule has 0 aliphatic heterocycles. The van der Waals surface area contributed by atoms with Crippen molar-refractivity contribution < 1.29 is 28.5 Å². The van der Waals surface area contributed by atoms with Gasteiger partial charge in [0.2, 0.25) is 5.91 Å². The van der Waals surface area contributed by atoms with Crippen LogP contribution < -0.4 is 14.2 Å². The third kappa shape index (κ3) is 7.41. The fourth-order valence-corrected chi connectivity index (χ4v) is 4.01. The zero-order valence-corrected chi connectivity index (χ0v) is 19.7. The number of carbonyl (C=O) groups is 2. The number of carbonyl (C=O) groups excluding carboxylic acids is 2. The number of amides is 1. The van der Waals surface area contributed by atoms with Crippen LogP contribution in [-0.2, 0) is 27.3 Å². The zero-order chi connectivity index (χ0) is 23.6. The number of ether oxygens (including phenoxy) is 4. The molecule has 0 heterocycles. The predicted molar refractivity (Wildman–Crippen MR) is 125 cm³/mol. The van der Waals surface area contributed by atoms with Gasteiger partial charge in [0.25, 0.3) is 0 Å². The minimum Gasteiger partial charge on any atom is -0.497 e. The van der Waals surface area contributed by atoms with E-state index in [0.29, 0.717) is 17.9 Å². The minimum absolute atomic E-state index is 0.125. The number of hydrogen-bond acceptors (Lipinski definition) is 6. The van der Waals surface area contributed by atoms with Crippen molar-refractivity contribution in [2.75, 3.05) is 27.9 Å². The number of esters is 1. The van der Waals surface area contributed by atoms with E-state index in [1.165, 1.54) is 24.9 Å². The van der Waals surface area contributed by atoms with Crippen LogP contribution in [0, 0.1) is 0 Å². The molecule has 1 aliphatic carbocycles. The highest BCUT2D eigenvalue weighted by Gasteiger charge is 2.20. The van der Waals surface area contributed by atoms with Crippen molar-refractivity contribution in [2.24, 2.45) is 0 Å². The lowest BCUT2D eigenvalue weighted by Crippen LogP contribution is -2.35. The van der Waals surface area contributed by atoms with Crippen LogP contribution in [0.1, 0.15) is 43.2 Å². The highest BCUT2D eigenvalue weighted by atomic mass is 16.5. The van der Waals surface area contributed by atoms with Gasteiger partial charge in [-0.2, -0.15) is 0 Å². The second-order valence-electron chi connectivity index (χ2n) is 8.22. The van der Waals surface area contributed by atoms with Gasteiger partial charge in [-0.3, -0.25) is 9.59 Å². The summed E-state index contributed by atoms with van der Waals surface area (Å²) in [6, 6.07) is 13.3. The lowest BCUT2D eigenvalue weighted by Gasteiger charge is -2.22. The average Bonchev–Trinajstić information content (AvgIpc) is 3.34. The monoisotopic (exact) mass is 455 g/mol. The highest BCUT2D eigenvalue weighted by molar-refractivity contribution is 5.82. The predicted octanol–water partition coefficient (Wildman–Crippen LogP) is 4.16. The summed E-state index contributed by atoms with van der Waals surface area (Å²) in [6.07, 6.45) is 5.74. The molecule has 2 aromatic carbocycles. The highest BCUT2D eigenvalue weighted by Crippen LogP contribution is 2.26. The molecule has 0 saturated heterocycles. The Bertz CT molecular complexity index is 916. The van der Waals surface area contributed by atoms with Gasteiger partial charge in [0.15, 0.2) is 0 Å². The minimum atomic E-state index is -0.467. The van der Waals surface area contributed by atoms with E-state index in [4.69, 9.17) is 18.9 Å². The molecule has 0 atom stereocenters. The number of aryl methyl sites for hydroxylation is 1. The van der Waals surface area contributed by atoms with Crippen molar-refractivity contribution in [1.82, 2.24) is 4.90 Å². The maximum Gasteiger partial charge on any atom is 0.325 e. The van der Waals surface area contributed by atoms with Gasteiger partial charge in [0.05, 0.1) is 27.4 Å². The van der Waals surface area contributed by atoms with E-state index in [0.717, 1.165) is 29.7 Å². The molecule has 0 N–H and O–H groups in total. The molecule has 1 saturated carbocycles. The molecule has 178 valence electrons. The van der Waals surface area contributed by atoms with Crippen molar-refractivity contribution in [3.63, 3.8) is 0 Å². The van der Waals surface area contributed by atoms with Crippen LogP contribution in [-0.4, -0.2) is 50.8 Å².